The summed E-state index contributed by atoms with van der Waals surface area (Å²) in [5.41, 5.74) is 2.34. The fourth-order valence-corrected chi connectivity index (χ4v) is 4.13. The van der Waals surface area contributed by atoms with Gasteiger partial charge >= 0.3 is 0 Å². The van der Waals surface area contributed by atoms with Crippen molar-refractivity contribution in [2.24, 2.45) is 0 Å². The van der Waals surface area contributed by atoms with Crippen molar-refractivity contribution < 1.29 is 4.74 Å². The van der Waals surface area contributed by atoms with Crippen molar-refractivity contribution in [1.29, 1.82) is 5.41 Å². The molecular formula is C24H26N2O. The minimum atomic E-state index is 0.501. The molecule has 1 unspecified atom stereocenters. The highest BCUT2D eigenvalue weighted by Crippen LogP contribution is 2.31. The van der Waals surface area contributed by atoms with Crippen molar-refractivity contribution in [3.8, 4) is 5.75 Å². The molecule has 1 heterocycles. The van der Waals surface area contributed by atoms with Crippen molar-refractivity contribution >= 4 is 17.0 Å². The molecule has 0 spiro atoms. The van der Waals surface area contributed by atoms with Crippen LogP contribution in [0.1, 0.15) is 36.4 Å². The van der Waals surface area contributed by atoms with E-state index in [1.54, 1.807) is 0 Å². The lowest BCUT2D eigenvalue weighted by Crippen LogP contribution is -2.36. The molecule has 1 saturated heterocycles. The lowest BCUT2D eigenvalue weighted by Gasteiger charge is -2.36. The highest BCUT2D eigenvalue weighted by Gasteiger charge is 2.23. The first-order valence-corrected chi connectivity index (χ1v) is 9.81. The van der Waals surface area contributed by atoms with Crippen molar-refractivity contribution in [3.63, 3.8) is 0 Å². The van der Waals surface area contributed by atoms with Gasteiger partial charge in [0.2, 0.25) is 0 Å². The highest BCUT2D eigenvalue weighted by atomic mass is 16.5. The number of likely N-dealkylation sites (tertiary alicyclic amines) is 1. The quantitative estimate of drug-likeness (QED) is 0.595. The molecule has 3 aromatic carbocycles. The van der Waals surface area contributed by atoms with Gasteiger partial charge in [-0.3, -0.25) is 4.90 Å². The molecule has 3 aromatic rings. The largest absolute Gasteiger partial charge is 0.492 e. The predicted molar refractivity (Wildman–Crippen MR) is 112 cm³/mol. The third kappa shape index (κ3) is 3.88. The Kier molecular flexibility index (Phi) is 5.50. The molecule has 0 saturated carbocycles. The van der Waals surface area contributed by atoms with Crippen LogP contribution in [0.5, 0.6) is 5.75 Å². The number of rotatable bonds is 6. The van der Waals surface area contributed by atoms with Gasteiger partial charge in [0.1, 0.15) is 12.4 Å². The van der Waals surface area contributed by atoms with Gasteiger partial charge in [-0.1, -0.05) is 61.0 Å². The minimum absolute atomic E-state index is 0.501. The predicted octanol–water partition coefficient (Wildman–Crippen LogP) is 5.44. The maximum atomic E-state index is 7.60. The molecule has 138 valence electrons. The number of nitrogens with one attached hydrogen (secondary N) is 1. The zero-order valence-corrected chi connectivity index (χ0v) is 15.6. The van der Waals surface area contributed by atoms with Gasteiger partial charge in [0.05, 0.1) is 0 Å². The highest BCUT2D eigenvalue weighted by molar-refractivity contribution is 6.01. The van der Waals surface area contributed by atoms with Gasteiger partial charge in [-0.05, 0) is 42.5 Å². The number of benzene rings is 3. The Morgan fingerprint density at radius 2 is 1.70 bits per heavy atom. The molecule has 27 heavy (non-hydrogen) atoms. The normalized spacial score (nSPS) is 17.7. The lowest BCUT2D eigenvalue weighted by atomic mass is 9.95. The zero-order chi connectivity index (χ0) is 18.5. The summed E-state index contributed by atoms with van der Waals surface area (Å²) in [6.07, 6.45) is 5.19. The Morgan fingerprint density at radius 1 is 0.926 bits per heavy atom. The van der Waals surface area contributed by atoms with E-state index in [2.05, 4.69) is 47.4 Å². The maximum absolute atomic E-state index is 7.60. The molecule has 1 aliphatic heterocycles. The molecule has 3 nitrogen and oxygen atoms in total. The van der Waals surface area contributed by atoms with E-state index < -0.39 is 0 Å². The molecule has 1 aliphatic rings. The van der Waals surface area contributed by atoms with Crippen LogP contribution < -0.4 is 4.74 Å². The third-order valence-corrected chi connectivity index (χ3v) is 5.51. The van der Waals surface area contributed by atoms with Gasteiger partial charge in [0, 0.05) is 29.8 Å². The Hall–Kier alpha value is -2.65. The van der Waals surface area contributed by atoms with Crippen molar-refractivity contribution in [1.82, 2.24) is 4.90 Å². The lowest BCUT2D eigenvalue weighted by molar-refractivity contribution is 0.124. The molecule has 1 N–H and O–H groups in total. The van der Waals surface area contributed by atoms with Crippen LogP contribution in [0.4, 0.5) is 0 Å². The van der Waals surface area contributed by atoms with E-state index in [1.165, 1.54) is 31.0 Å². The number of hydrogen-bond donors (Lipinski definition) is 1. The second-order valence-electron chi connectivity index (χ2n) is 7.15. The standard InChI is InChI=1S/C24H26N2O/c25-18-20-13-14-24(22-11-5-4-10-21(20)22)27-17-16-26-15-7-6-12-23(26)19-8-2-1-3-9-19/h1-5,8-11,13-14,18,23,25H,6-7,12,15-17H2. The summed E-state index contributed by atoms with van der Waals surface area (Å²) in [4.78, 5) is 2.56. The molecule has 0 aromatic heterocycles. The van der Waals surface area contributed by atoms with Crippen LogP contribution >= 0.6 is 0 Å². The van der Waals surface area contributed by atoms with Crippen molar-refractivity contribution in [2.75, 3.05) is 19.7 Å². The van der Waals surface area contributed by atoms with Crippen LogP contribution in [0, 0.1) is 5.41 Å². The summed E-state index contributed by atoms with van der Waals surface area (Å²) >= 11 is 0. The van der Waals surface area contributed by atoms with Crippen LogP contribution in [-0.4, -0.2) is 30.8 Å². The van der Waals surface area contributed by atoms with Crippen molar-refractivity contribution in [3.05, 3.63) is 77.9 Å². The summed E-state index contributed by atoms with van der Waals surface area (Å²) in [6.45, 7) is 2.74. The number of hydrogen-bond acceptors (Lipinski definition) is 3. The zero-order valence-electron chi connectivity index (χ0n) is 15.6. The number of nitrogens with zero attached hydrogens (tertiary/aromatic N) is 1. The Bertz CT molecular complexity index is 907. The van der Waals surface area contributed by atoms with Gasteiger partial charge in [0.25, 0.3) is 0 Å². The van der Waals surface area contributed by atoms with Crippen LogP contribution in [-0.2, 0) is 0 Å². The Labute approximate surface area is 161 Å². The van der Waals surface area contributed by atoms with E-state index in [0.717, 1.165) is 35.2 Å². The molecule has 1 atom stereocenters. The van der Waals surface area contributed by atoms with E-state index in [4.69, 9.17) is 10.1 Å². The van der Waals surface area contributed by atoms with E-state index in [-0.39, 0.29) is 0 Å². The first kappa shape index (κ1) is 17.7. The van der Waals surface area contributed by atoms with Gasteiger partial charge in [-0.2, -0.15) is 0 Å². The summed E-state index contributed by atoms with van der Waals surface area (Å²) < 4.78 is 6.19. The molecule has 0 radical (unpaired) electrons. The minimum Gasteiger partial charge on any atom is -0.492 e. The van der Waals surface area contributed by atoms with E-state index in [1.807, 2.05) is 24.3 Å². The summed E-state index contributed by atoms with van der Waals surface area (Å²) in [7, 11) is 0. The van der Waals surface area contributed by atoms with Crippen molar-refractivity contribution in [2.45, 2.75) is 25.3 Å². The molecule has 4 rings (SSSR count). The Morgan fingerprint density at radius 3 is 2.52 bits per heavy atom. The average molecular weight is 358 g/mol. The van der Waals surface area contributed by atoms with E-state index in [0.29, 0.717) is 12.6 Å². The van der Waals surface area contributed by atoms with Crippen LogP contribution in [0.25, 0.3) is 10.8 Å². The second-order valence-corrected chi connectivity index (χ2v) is 7.15. The van der Waals surface area contributed by atoms with E-state index in [9.17, 15) is 0 Å². The molecule has 0 amide bonds. The van der Waals surface area contributed by atoms with E-state index >= 15 is 0 Å². The first-order valence-electron chi connectivity index (χ1n) is 9.81. The second kappa shape index (κ2) is 8.36. The average Bonchev–Trinajstić information content (AvgIpc) is 2.75. The van der Waals surface area contributed by atoms with Gasteiger partial charge in [0.15, 0.2) is 0 Å². The van der Waals surface area contributed by atoms with Crippen LogP contribution in [0.2, 0.25) is 0 Å². The Balaban J connectivity index is 1.46. The number of piperidine rings is 1. The molecule has 0 aliphatic carbocycles. The number of ether oxygens (including phenoxy) is 1. The summed E-state index contributed by atoms with van der Waals surface area (Å²) in [5.74, 6) is 0.907. The van der Waals surface area contributed by atoms with Gasteiger partial charge in [-0.15, -0.1) is 0 Å². The first-order chi connectivity index (χ1) is 13.4. The molecule has 0 bridgehead atoms. The summed E-state index contributed by atoms with van der Waals surface area (Å²) in [5, 5.41) is 9.75. The fourth-order valence-electron chi connectivity index (χ4n) is 4.13. The van der Waals surface area contributed by atoms with Gasteiger partial charge < -0.3 is 10.1 Å². The number of fused-ring (bicyclic) bond motifs is 1. The van der Waals surface area contributed by atoms with Gasteiger partial charge in [-0.25, -0.2) is 0 Å². The molecule has 3 heteroatoms. The SMILES string of the molecule is N=Cc1ccc(OCCN2CCCCC2c2ccccc2)c2ccccc12. The maximum Gasteiger partial charge on any atom is 0.127 e. The monoisotopic (exact) mass is 358 g/mol. The molecular weight excluding hydrogens is 332 g/mol. The molecule has 1 fully saturated rings. The van der Waals surface area contributed by atoms with Crippen LogP contribution in [0.3, 0.4) is 0 Å². The topological polar surface area (TPSA) is 36.3 Å². The summed E-state index contributed by atoms with van der Waals surface area (Å²) in [6, 6.07) is 23.5. The van der Waals surface area contributed by atoms with Crippen LogP contribution in [0.15, 0.2) is 66.7 Å². The third-order valence-electron chi connectivity index (χ3n) is 5.51. The smallest absolute Gasteiger partial charge is 0.127 e. The fraction of sp³-hybridized carbons (Fsp3) is 0.292.